The highest BCUT2D eigenvalue weighted by Gasteiger charge is 1.60. The Labute approximate surface area is 35.4 Å². The summed E-state index contributed by atoms with van der Waals surface area (Å²) in [6.45, 7) is 2.94. The molecule has 0 spiro atoms. The third-order valence-electron chi connectivity index (χ3n) is 0.265. The largest absolute Gasteiger partial charge is 0.284 e. The summed E-state index contributed by atoms with van der Waals surface area (Å²) in [6, 6.07) is 0. The summed E-state index contributed by atoms with van der Waals surface area (Å²) >= 11 is 0. The van der Waals surface area contributed by atoms with E-state index in [0.29, 0.717) is 0 Å². The van der Waals surface area contributed by atoms with Crippen molar-refractivity contribution in [3.63, 3.8) is 0 Å². The zero-order chi connectivity index (χ0) is 4.12. The Kier molecular flexibility index (Phi) is 4.25. The molecule has 0 atom stereocenters. The zero-order valence-electron chi connectivity index (χ0n) is 3.21. The van der Waals surface area contributed by atoms with Crippen LogP contribution in [0.25, 0.3) is 0 Å². The number of hydrazine groups is 1. The number of nitrogens with one attached hydrogen (secondary N) is 2. The van der Waals surface area contributed by atoms with E-state index in [4.69, 9.17) is 0 Å². The van der Waals surface area contributed by atoms with E-state index in [1.54, 1.807) is 0 Å². The van der Waals surface area contributed by atoms with Gasteiger partial charge in [-0.2, -0.15) is 0 Å². The highest BCUT2D eigenvalue weighted by Crippen LogP contribution is 1.35. The van der Waals surface area contributed by atoms with Crippen molar-refractivity contribution in [3.8, 4) is 0 Å². The van der Waals surface area contributed by atoms with Gasteiger partial charge in [0.15, 0.2) is 10.4 Å². The minimum absolute atomic E-state index is 0.934. The van der Waals surface area contributed by atoms with Crippen LogP contribution in [0.2, 0.25) is 0 Å². The van der Waals surface area contributed by atoms with E-state index < -0.39 is 0 Å². The summed E-state index contributed by atoms with van der Waals surface area (Å²) < 4.78 is 0. The van der Waals surface area contributed by atoms with Crippen LogP contribution in [0.3, 0.4) is 0 Å². The molecule has 2 nitrogen and oxygen atoms in total. The molecule has 0 aliphatic carbocycles. The van der Waals surface area contributed by atoms with Gasteiger partial charge in [0.2, 0.25) is 0 Å². The van der Waals surface area contributed by atoms with Crippen molar-refractivity contribution in [2.24, 2.45) is 0 Å². The van der Waals surface area contributed by atoms with Crippen molar-refractivity contribution in [2.45, 2.75) is 6.92 Å². The molecule has 0 unspecified atom stereocenters. The topological polar surface area (TPSA) is 24.1 Å². The summed E-state index contributed by atoms with van der Waals surface area (Å²) in [7, 11) is 2.99. The van der Waals surface area contributed by atoms with Crippen molar-refractivity contribution in [2.75, 3.05) is 6.54 Å². The molecule has 3 radical (unpaired) electrons. The van der Waals surface area contributed by atoms with Gasteiger partial charge in [-0.1, -0.05) is 6.92 Å². The molecule has 5 heavy (non-hydrogen) atoms. The quantitative estimate of drug-likeness (QED) is 0.340. The molecule has 0 aromatic heterocycles. The van der Waals surface area contributed by atoms with E-state index in [1.807, 2.05) is 6.92 Å². The summed E-state index contributed by atoms with van der Waals surface area (Å²) in [6.07, 6.45) is 0. The van der Waals surface area contributed by atoms with E-state index in [9.17, 15) is 0 Å². The highest BCUT2D eigenvalue weighted by atomic mass is 28.2. The molecule has 3 heteroatoms. The van der Waals surface area contributed by atoms with Gasteiger partial charge in [-0.15, -0.1) is 0 Å². The third-order valence-corrected chi connectivity index (χ3v) is 0.442. The van der Waals surface area contributed by atoms with Gasteiger partial charge in [0.1, 0.15) is 0 Å². The lowest BCUT2D eigenvalue weighted by Gasteiger charge is -1.89. The normalized spacial score (nSPS) is 8.40. The lowest BCUT2D eigenvalue weighted by Crippen LogP contribution is -2.27. The van der Waals surface area contributed by atoms with Crippen molar-refractivity contribution in [3.05, 3.63) is 0 Å². The fourth-order valence-corrected chi connectivity index (χ4v) is 0.265. The molecule has 0 aliphatic heterocycles. The molecule has 0 aromatic rings. The highest BCUT2D eigenvalue weighted by molar-refractivity contribution is 6.03. The van der Waals surface area contributed by atoms with Gasteiger partial charge >= 0.3 is 0 Å². The first-order valence-electron chi connectivity index (χ1n) is 1.56. The van der Waals surface area contributed by atoms with Gasteiger partial charge in [0.05, 0.1) is 0 Å². The molecule has 0 amide bonds. The molecule has 0 fully saturated rings. The van der Waals surface area contributed by atoms with Crippen molar-refractivity contribution < 1.29 is 0 Å². The van der Waals surface area contributed by atoms with Gasteiger partial charge in [0.25, 0.3) is 0 Å². The van der Waals surface area contributed by atoms with Crippen molar-refractivity contribution in [1.82, 2.24) is 10.5 Å². The maximum atomic E-state index is 2.99. The SMILES string of the molecule is CCNN[Si]. The molecule has 0 rings (SSSR count). The van der Waals surface area contributed by atoms with E-state index in [0.717, 1.165) is 6.54 Å². The number of rotatable bonds is 2. The molecule has 0 heterocycles. The van der Waals surface area contributed by atoms with Crippen molar-refractivity contribution in [1.29, 1.82) is 0 Å². The van der Waals surface area contributed by atoms with Crippen LogP contribution in [-0.4, -0.2) is 16.9 Å². The molecule has 0 saturated heterocycles. The maximum absolute atomic E-state index is 2.99. The average molecular weight is 87.2 g/mol. The van der Waals surface area contributed by atoms with Crippen LogP contribution in [0.15, 0.2) is 0 Å². The van der Waals surface area contributed by atoms with E-state index in [2.05, 4.69) is 20.9 Å². The molecule has 0 bridgehead atoms. The Morgan fingerprint density at radius 1 is 1.80 bits per heavy atom. The molecular formula is C2H7N2Si. The van der Waals surface area contributed by atoms with E-state index >= 15 is 0 Å². The average Bonchev–Trinajstić information content (AvgIpc) is 1.41. The van der Waals surface area contributed by atoms with E-state index in [1.165, 1.54) is 0 Å². The lowest BCUT2D eigenvalue weighted by molar-refractivity contribution is 0.710. The van der Waals surface area contributed by atoms with Crippen LogP contribution in [0, 0.1) is 0 Å². The van der Waals surface area contributed by atoms with Gasteiger partial charge in [0, 0.05) is 6.54 Å². The van der Waals surface area contributed by atoms with Crippen LogP contribution in [0.1, 0.15) is 6.92 Å². The molecular weight excluding hydrogens is 80.1 g/mol. The van der Waals surface area contributed by atoms with Gasteiger partial charge in [-0.3, -0.25) is 10.5 Å². The second-order valence-electron chi connectivity index (χ2n) is 0.655. The molecule has 0 saturated carbocycles. The number of hydrogen-bond acceptors (Lipinski definition) is 2. The van der Waals surface area contributed by atoms with Crippen LogP contribution in [0.4, 0.5) is 0 Å². The minimum Gasteiger partial charge on any atom is -0.284 e. The third kappa shape index (κ3) is 4.14. The van der Waals surface area contributed by atoms with Crippen molar-refractivity contribution >= 4 is 10.4 Å². The Hall–Kier alpha value is 0.137. The first-order valence-corrected chi connectivity index (χ1v) is 2.06. The molecule has 0 aliphatic rings. The molecule has 29 valence electrons. The first kappa shape index (κ1) is 5.14. The van der Waals surface area contributed by atoms with Gasteiger partial charge in [-0.05, 0) is 0 Å². The smallest absolute Gasteiger partial charge is 0.161 e. The van der Waals surface area contributed by atoms with E-state index in [-0.39, 0.29) is 0 Å². The van der Waals surface area contributed by atoms with Gasteiger partial charge < -0.3 is 0 Å². The monoisotopic (exact) mass is 87.0 g/mol. The predicted octanol–water partition coefficient (Wildman–Crippen LogP) is -0.816. The maximum Gasteiger partial charge on any atom is 0.161 e. The predicted molar refractivity (Wildman–Crippen MR) is 22.6 cm³/mol. The summed E-state index contributed by atoms with van der Waals surface area (Å²) in [5.74, 6) is 0. The summed E-state index contributed by atoms with van der Waals surface area (Å²) in [5.41, 5.74) is 2.77. The fourth-order valence-electron chi connectivity index (χ4n) is 0.0884. The minimum atomic E-state index is 0.934. The Balaban J connectivity index is 2.19. The summed E-state index contributed by atoms with van der Waals surface area (Å²) in [4.78, 5) is 0. The lowest BCUT2D eigenvalue weighted by atomic mass is 10.8. The van der Waals surface area contributed by atoms with Gasteiger partial charge in [-0.25, -0.2) is 0 Å². The molecule has 2 N–H and O–H groups in total. The zero-order valence-corrected chi connectivity index (χ0v) is 4.21. The second-order valence-corrected chi connectivity index (χ2v) is 0.905. The van der Waals surface area contributed by atoms with Crippen LogP contribution >= 0.6 is 0 Å². The van der Waals surface area contributed by atoms with Crippen LogP contribution in [0.5, 0.6) is 0 Å². The Morgan fingerprint density at radius 2 is 2.40 bits per heavy atom. The standard InChI is InChI=1S/C2H7N2Si/c1-2-3-4-5/h3-4H,2H2,1H3. The molecule has 0 aromatic carbocycles. The summed E-state index contributed by atoms with van der Waals surface area (Å²) in [5, 5.41) is 2.57. The fraction of sp³-hybridized carbons (Fsp3) is 1.00. The first-order chi connectivity index (χ1) is 2.41. The number of hydrogen-bond donors (Lipinski definition) is 2. The van der Waals surface area contributed by atoms with Crippen LogP contribution in [-0.2, 0) is 0 Å². The Bertz CT molecular complexity index is 15.1. The second kappa shape index (κ2) is 4.14. The Morgan fingerprint density at radius 3 is 2.40 bits per heavy atom. The van der Waals surface area contributed by atoms with Crippen LogP contribution < -0.4 is 10.5 Å².